The van der Waals surface area contributed by atoms with E-state index in [2.05, 4.69) is 20.6 Å². The number of hydrogen-bond acceptors (Lipinski definition) is 6. The second-order valence-corrected chi connectivity index (χ2v) is 7.69. The smallest absolute Gasteiger partial charge is 0.251 e. The van der Waals surface area contributed by atoms with Gasteiger partial charge in [-0.3, -0.25) is 14.5 Å². The van der Waals surface area contributed by atoms with Gasteiger partial charge >= 0.3 is 0 Å². The van der Waals surface area contributed by atoms with E-state index in [4.69, 9.17) is 4.42 Å². The van der Waals surface area contributed by atoms with Crippen molar-refractivity contribution in [2.45, 2.75) is 6.54 Å². The summed E-state index contributed by atoms with van der Waals surface area (Å²) in [6, 6.07) is 12.7. The van der Waals surface area contributed by atoms with Crippen molar-refractivity contribution >= 4 is 23.2 Å². The van der Waals surface area contributed by atoms with E-state index in [9.17, 15) is 9.59 Å². The van der Waals surface area contributed by atoms with Gasteiger partial charge in [-0.2, -0.15) is 0 Å². The molecule has 1 aliphatic rings. The lowest BCUT2D eigenvalue weighted by molar-refractivity contribution is -0.131. The van der Waals surface area contributed by atoms with Crippen LogP contribution in [-0.4, -0.2) is 59.3 Å². The lowest BCUT2D eigenvalue weighted by Gasteiger charge is -2.34. The normalized spacial score (nSPS) is 14.7. The van der Waals surface area contributed by atoms with Gasteiger partial charge in [0.25, 0.3) is 5.91 Å². The molecule has 0 bridgehead atoms. The average Bonchev–Trinajstić information content (AvgIpc) is 3.45. The van der Waals surface area contributed by atoms with Crippen molar-refractivity contribution in [1.82, 2.24) is 20.1 Å². The molecule has 29 heavy (non-hydrogen) atoms. The third-order valence-electron chi connectivity index (χ3n) is 4.83. The Bertz CT molecular complexity index is 947. The molecule has 1 N–H and O–H groups in total. The first kappa shape index (κ1) is 19.4. The summed E-state index contributed by atoms with van der Waals surface area (Å²) < 4.78 is 5.39. The number of piperazine rings is 1. The third kappa shape index (κ3) is 4.90. The fourth-order valence-electron chi connectivity index (χ4n) is 3.24. The lowest BCUT2D eigenvalue weighted by atomic mass is 10.2. The number of benzene rings is 1. The summed E-state index contributed by atoms with van der Waals surface area (Å²) in [5.74, 6) is 0.505. The minimum atomic E-state index is -0.228. The number of carbonyl (C=O) groups excluding carboxylic acids is 2. The zero-order valence-electron chi connectivity index (χ0n) is 15.9. The van der Waals surface area contributed by atoms with Gasteiger partial charge in [0.05, 0.1) is 18.5 Å². The van der Waals surface area contributed by atoms with Crippen LogP contribution in [0.3, 0.4) is 0 Å². The van der Waals surface area contributed by atoms with Crippen molar-refractivity contribution < 1.29 is 14.0 Å². The van der Waals surface area contributed by atoms with Crippen molar-refractivity contribution in [3.63, 3.8) is 0 Å². The second kappa shape index (κ2) is 9.02. The van der Waals surface area contributed by atoms with Gasteiger partial charge in [-0.25, -0.2) is 4.98 Å². The van der Waals surface area contributed by atoms with E-state index in [0.717, 1.165) is 36.1 Å². The number of aromatic nitrogens is 1. The fourth-order valence-corrected chi connectivity index (χ4v) is 4.01. The van der Waals surface area contributed by atoms with Crippen molar-refractivity contribution in [2.75, 3.05) is 32.7 Å². The van der Waals surface area contributed by atoms with E-state index in [1.54, 1.807) is 46.8 Å². The largest absolute Gasteiger partial charge is 0.462 e. The molecule has 1 saturated heterocycles. The van der Waals surface area contributed by atoms with Crippen molar-refractivity contribution in [3.05, 3.63) is 65.4 Å². The standard InChI is InChI=1S/C21H22N4O3S/c26-19(13-22-20(27)16-5-2-1-3-6-16)25-10-8-24(9-11-25)14-17-15-29-21(23-17)18-7-4-12-28-18/h1-7,12,15H,8-11,13-14H2,(H,22,27). The van der Waals surface area contributed by atoms with Crippen LogP contribution in [0.5, 0.6) is 0 Å². The first-order chi connectivity index (χ1) is 14.2. The number of nitrogens with one attached hydrogen (secondary N) is 1. The minimum absolute atomic E-state index is 0.0202. The van der Waals surface area contributed by atoms with Crippen LogP contribution in [0.2, 0.25) is 0 Å². The molecule has 3 aromatic rings. The van der Waals surface area contributed by atoms with E-state index in [0.29, 0.717) is 18.7 Å². The molecule has 8 heteroatoms. The highest BCUT2D eigenvalue weighted by Crippen LogP contribution is 2.24. The van der Waals surface area contributed by atoms with Gasteiger partial charge in [0.2, 0.25) is 5.91 Å². The molecular weight excluding hydrogens is 388 g/mol. The van der Waals surface area contributed by atoms with Gasteiger partial charge in [0.15, 0.2) is 10.8 Å². The molecule has 2 amide bonds. The molecule has 3 heterocycles. The Morgan fingerprint density at radius 1 is 1.07 bits per heavy atom. The molecule has 4 rings (SSSR count). The van der Waals surface area contributed by atoms with E-state index in [1.807, 2.05) is 18.2 Å². The Labute approximate surface area is 173 Å². The molecule has 0 spiro atoms. The van der Waals surface area contributed by atoms with Gasteiger partial charge in [0, 0.05) is 43.7 Å². The summed E-state index contributed by atoms with van der Waals surface area (Å²) in [7, 11) is 0. The highest BCUT2D eigenvalue weighted by molar-refractivity contribution is 7.13. The predicted octanol–water partition coefficient (Wildman–Crippen LogP) is 2.48. The number of furan rings is 1. The van der Waals surface area contributed by atoms with Crippen LogP contribution in [0, 0.1) is 0 Å². The highest BCUT2D eigenvalue weighted by atomic mass is 32.1. The van der Waals surface area contributed by atoms with Gasteiger partial charge in [-0.15, -0.1) is 11.3 Å². The maximum atomic E-state index is 12.4. The molecule has 0 aliphatic carbocycles. The zero-order chi connectivity index (χ0) is 20.1. The Kier molecular flexibility index (Phi) is 6.02. The van der Waals surface area contributed by atoms with Gasteiger partial charge < -0.3 is 14.6 Å². The van der Waals surface area contributed by atoms with E-state index in [-0.39, 0.29) is 18.4 Å². The van der Waals surface area contributed by atoms with Gasteiger partial charge in [-0.05, 0) is 24.3 Å². The zero-order valence-corrected chi connectivity index (χ0v) is 16.7. The van der Waals surface area contributed by atoms with E-state index >= 15 is 0 Å². The first-order valence-electron chi connectivity index (χ1n) is 9.51. The fraction of sp³-hybridized carbons (Fsp3) is 0.286. The molecule has 1 fully saturated rings. The van der Waals surface area contributed by atoms with Gasteiger partial charge in [0.1, 0.15) is 0 Å². The third-order valence-corrected chi connectivity index (χ3v) is 5.74. The molecule has 1 aliphatic heterocycles. The molecule has 7 nitrogen and oxygen atoms in total. The Balaban J connectivity index is 1.22. The summed E-state index contributed by atoms with van der Waals surface area (Å²) in [4.78, 5) is 33.2. The van der Waals surface area contributed by atoms with E-state index < -0.39 is 0 Å². The summed E-state index contributed by atoms with van der Waals surface area (Å²) in [5, 5.41) is 5.63. The van der Waals surface area contributed by atoms with Gasteiger partial charge in [-0.1, -0.05) is 18.2 Å². The maximum absolute atomic E-state index is 12.4. The number of nitrogens with zero attached hydrogens (tertiary/aromatic N) is 3. The summed E-state index contributed by atoms with van der Waals surface area (Å²) in [6.45, 7) is 3.64. The summed E-state index contributed by atoms with van der Waals surface area (Å²) in [5.41, 5.74) is 1.57. The molecule has 1 aromatic carbocycles. The monoisotopic (exact) mass is 410 g/mol. The predicted molar refractivity (Wildman–Crippen MR) is 110 cm³/mol. The molecule has 2 aromatic heterocycles. The SMILES string of the molecule is O=C(NCC(=O)N1CCN(Cc2csc(-c3ccco3)n2)CC1)c1ccccc1. The van der Waals surface area contributed by atoms with Crippen molar-refractivity contribution in [3.8, 4) is 10.8 Å². The van der Waals surface area contributed by atoms with Crippen LogP contribution in [0.15, 0.2) is 58.5 Å². The summed E-state index contributed by atoms with van der Waals surface area (Å²) >= 11 is 1.57. The molecule has 0 atom stereocenters. The van der Waals surface area contributed by atoms with Crippen LogP contribution < -0.4 is 5.32 Å². The number of thiazole rings is 1. The second-order valence-electron chi connectivity index (χ2n) is 6.83. The van der Waals surface area contributed by atoms with Crippen LogP contribution in [0.4, 0.5) is 0 Å². The first-order valence-corrected chi connectivity index (χ1v) is 10.4. The van der Waals surface area contributed by atoms with E-state index in [1.165, 1.54) is 0 Å². The Morgan fingerprint density at radius 2 is 1.86 bits per heavy atom. The van der Waals surface area contributed by atoms with Crippen LogP contribution in [-0.2, 0) is 11.3 Å². The molecular formula is C21H22N4O3S. The highest BCUT2D eigenvalue weighted by Gasteiger charge is 2.22. The van der Waals surface area contributed by atoms with Crippen LogP contribution in [0.1, 0.15) is 16.1 Å². The number of hydrogen-bond donors (Lipinski definition) is 1. The topological polar surface area (TPSA) is 78.7 Å². The number of carbonyl (C=O) groups is 2. The Morgan fingerprint density at radius 3 is 2.59 bits per heavy atom. The lowest BCUT2D eigenvalue weighted by Crippen LogP contribution is -2.50. The summed E-state index contributed by atoms with van der Waals surface area (Å²) in [6.07, 6.45) is 1.65. The minimum Gasteiger partial charge on any atom is -0.462 e. The molecule has 0 radical (unpaired) electrons. The Hall–Kier alpha value is -2.97. The van der Waals surface area contributed by atoms with Crippen molar-refractivity contribution in [2.24, 2.45) is 0 Å². The number of rotatable bonds is 6. The maximum Gasteiger partial charge on any atom is 0.251 e. The van der Waals surface area contributed by atoms with Crippen LogP contribution >= 0.6 is 11.3 Å². The molecule has 0 saturated carbocycles. The van der Waals surface area contributed by atoms with Crippen LogP contribution in [0.25, 0.3) is 10.8 Å². The molecule has 0 unspecified atom stereocenters. The van der Waals surface area contributed by atoms with Crippen molar-refractivity contribution in [1.29, 1.82) is 0 Å². The quantitative estimate of drug-likeness (QED) is 0.675. The average molecular weight is 410 g/mol. The number of amides is 2. The molecule has 150 valence electrons.